The molecule has 2 aromatic rings. The molecular weight excluding hydrogens is 309 g/mol. The summed E-state index contributed by atoms with van der Waals surface area (Å²) in [6, 6.07) is 12.4. The van der Waals surface area contributed by atoms with Crippen LogP contribution in [0.2, 0.25) is 0 Å². The fourth-order valence-corrected chi connectivity index (χ4v) is 4.71. The normalized spacial score (nSPS) is 18.2. The molecule has 21 heavy (non-hydrogen) atoms. The fourth-order valence-electron chi connectivity index (χ4n) is 2.33. The molecule has 1 aliphatic rings. The molecule has 1 aliphatic heterocycles. The van der Waals surface area contributed by atoms with Gasteiger partial charge in [0.25, 0.3) is 0 Å². The molecule has 2 aromatic carbocycles. The van der Waals surface area contributed by atoms with Gasteiger partial charge in [0.05, 0.1) is 4.90 Å². The molecule has 0 fully saturated rings. The molecule has 0 saturated carbocycles. The zero-order valence-electron chi connectivity index (χ0n) is 11.1. The molecule has 1 atom stereocenters. The molecule has 0 aliphatic carbocycles. The number of fused-ring (bicyclic) bond motifs is 1. The van der Waals surface area contributed by atoms with Gasteiger partial charge in [-0.15, -0.1) is 11.8 Å². The van der Waals surface area contributed by atoms with E-state index in [4.69, 9.17) is 0 Å². The summed E-state index contributed by atoms with van der Waals surface area (Å²) in [5.41, 5.74) is 0.999. The van der Waals surface area contributed by atoms with Gasteiger partial charge in [0.2, 0.25) is 10.0 Å². The van der Waals surface area contributed by atoms with Crippen molar-refractivity contribution in [3.05, 3.63) is 59.9 Å². The zero-order valence-corrected chi connectivity index (χ0v) is 12.8. The van der Waals surface area contributed by atoms with E-state index in [2.05, 4.69) is 4.72 Å². The van der Waals surface area contributed by atoms with Gasteiger partial charge in [0, 0.05) is 10.9 Å². The highest BCUT2D eigenvalue weighted by molar-refractivity contribution is 7.99. The lowest BCUT2D eigenvalue weighted by molar-refractivity contribution is 0.545. The maximum atomic E-state index is 12.9. The van der Waals surface area contributed by atoms with Crippen LogP contribution in [-0.4, -0.2) is 14.2 Å². The predicted molar refractivity (Wildman–Crippen MR) is 81.2 cm³/mol. The standard InChI is InChI=1S/C15H14FNO2S2/c16-11-5-7-12(8-6-11)21(18,19)17-14-9-10-20-15-4-2-1-3-13(14)15/h1-8,14,17H,9-10H2. The van der Waals surface area contributed by atoms with Gasteiger partial charge in [-0.2, -0.15) is 0 Å². The van der Waals surface area contributed by atoms with Gasteiger partial charge in [0.15, 0.2) is 0 Å². The van der Waals surface area contributed by atoms with Crippen LogP contribution in [0.15, 0.2) is 58.3 Å². The molecule has 0 amide bonds. The fraction of sp³-hybridized carbons (Fsp3) is 0.200. The highest BCUT2D eigenvalue weighted by atomic mass is 32.2. The quantitative estimate of drug-likeness (QED) is 0.942. The Balaban J connectivity index is 1.88. The van der Waals surface area contributed by atoms with E-state index in [1.807, 2.05) is 24.3 Å². The van der Waals surface area contributed by atoms with Gasteiger partial charge in [0.1, 0.15) is 5.82 Å². The second kappa shape index (κ2) is 5.79. The SMILES string of the molecule is O=S(=O)(NC1CCSc2ccccc21)c1ccc(F)cc1. The van der Waals surface area contributed by atoms with Crippen LogP contribution in [0.1, 0.15) is 18.0 Å². The number of nitrogens with one attached hydrogen (secondary N) is 1. The van der Waals surface area contributed by atoms with Crippen molar-refractivity contribution in [2.75, 3.05) is 5.75 Å². The van der Waals surface area contributed by atoms with Crippen molar-refractivity contribution < 1.29 is 12.8 Å². The van der Waals surface area contributed by atoms with Crippen molar-refractivity contribution >= 4 is 21.8 Å². The highest BCUT2D eigenvalue weighted by Crippen LogP contribution is 2.36. The molecule has 3 nitrogen and oxygen atoms in total. The average Bonchev–Trinajstić information content (AvgIpc) is 2.48. The molecule has 110 valence electrons. The van der Waals surface area contributed by atoms with E-state index in [-0.39, 0.29) is 10.9 Å². The zero-order chi connectivity index (χ0) is 14.9. The van der Waals surface area contributed by atoms with Crippen molar-refractivity contribution in [2.45, 2.75) is 22.3 Å². The van der Waals surface area contributed by atoms with E-state index >= 15 is 0 Å². The summed E-state index contributed by atoms with van der Waals surface area (Å²) in [5.74, 6) is 0.418. The van der Waals surface area contributed by atoms with Gasteiger partial charge in [-0.1, -0.05) is 18.2 Å². The number of sulfonamides is 1. The number of rotatable bonds is 3. The molecule has 0 spiro atoms. The third-order valence-electron chi connectivity index (χ3n) is 3.38. The van der Waals surface area contributed by atoms with Crippen molar-refractivity contribution in [2.24, 2.45) is 0 Å². The van der Waals surface area contributed by atoms with Crippen LogP contribution in [0.5, 0.6) is 0 Å². The Hall–Kier alpha value is -1.37. The molecule has 1 N–H and O–H groups in total. The highest BCUT2D eigenvalue weighted by Gasteiger charge is 2.25. The number of hydrogen-bond acceptors (Lipinski definition) is 3. The molecule has 6 heteroatoms. The van der Waals surface area contributed by atoms with Gasteiger partial charge < -0.3 is 0 Å². The van der Waals surface area contributed by atoms with Gasteiger partial charge in [-0.05, 0) is 48.1 Å². The Labute approximate surface area is 127 Å². The number of benzene rings is 2. The Morgan fingerprint density at radius 3 is 2.57 bits per heavy atom. The van der Waals surface area contributed by atoms with Gasteiger partial charge >= 0.3 is 0 Å². The Kier molecular flexibility index (Phi) is 4.01. The maximum Gasteiger partial charge on any atom is 0.241 e. The molecular formula is C15H14FNO2S2. The third kappa shape index (κ3) is 3.12. The Morgan fingerprint density at radius 1 is 1.10 bits per heavy atom. The third-order valence-corrected chi connectivity index (χ3v) is 5.99. The first-order valence-corrected chi connectivity index (χ1v) is 9.03. The number of hydrogen-bond donors (Lipinski definition) is 1. The molecule has 0 aromatic heterocycles. The van der Waals surface area contributed by atoms with Crippen LogP contribution in [-0.2, 0) is 10.0 Å². The largest absolute Gasteiger partial charge is 0.241 e. The lowest BCUT2D eigenvalue weighted by Crippen LogP contribution is -2.30. The number of thioether (sulfide) groups is 1. The summed E-state index contributed by atoms with van der Waals surface area (Å²) >= 11 is 1.73. The monoisotopic (exact) mass is 323 g/mol. The molecule has 1 unspecified atom stereocenters. The van der Waals surface area contributed by atoms with Crippen LogP contribution in [0, 0.1) is 5.82 Å². The van der Waals surface area contributed by atoms with Crippen molar-refractivity contribution in [3.8, 4) is 0 Å². The molecule has 3 rings (SSSR count). The molecule has 0 saturated heterocycles. The minimum atomic E-state index is -3.65. The Bertz CT molecular complexity index is 745. The van der Waals surface area contributed by atoms with Crippen molar-refractivity contribution in [1.29, 1.82) is 0 Å². The summed E-state index contributed by atoms with van der Waals surface area (Å²) in [5, 5.41) is 0. The summed E-state index contributed by atoms with van der Waals surface area (Å²) in [6.45, 7) is 0. The van der Waals surface area contributed by atoms with Crippen molar-refractivity contribution in [3.63, 3.8) is 0 Å². The smallest absolute Gasteiger partial charge is 0.207 e. The maximum absolute atomic E-state index is 12.9. The van der Waals surface area contributed by atoms with E-state index < -0.39 is 15.8 Å². The van der Waals surface area contributed by atoms with Crippen LogP contribution < -0.4 is 4.72 Å². The first kappa shape index (κ1) is 14.6. The minimum absolute atomic E-state index is 0.0830. The lowest BCUT2D eigenvalue weighted by Gasteiger charge is -2.25. The first-order chi connectivity index (χ1) is 10.1. The molecule has 1 heterocycles. The van der Waals surface area contributed by atoms with Crippen LogP contribution >= 0.6 is 11.8 Å². The van der Waals surface area contributed by atoms with Crippen LogP contribution in [0.4, 0.5) is 4.39 Å². The van der Waals surface area contributed by atoms with Crippen LogP contribution in [0.25, 0.3) is 0 Å². The second-order valence-electron chi connectivity index (χ2n) is 4.80. The van der Waals surface area contributed by atoms with Gasteiger partial charge in [-0.3, -0.25) is 0 Å². The second-order valence-corrected chi connectivity index (χ2v) is 7.65. The number of halogens is 1. The summed E-state index contributed by atoms with van der Waals surface area (Å²) in [6.07, 6.45) is 0.738. The van der Waals surface area contributed by atoms with E-state index in [9.17, 15) is 12.8 Å². The summed E-state index contributed by atoms with van der Waals surface area (Å²) < 4.78 is 40.4. The summed E-state index contributed by atoms with van der Waals surface area (Å²) in [7, 11) is -3.65. The average molecular weight is 323 g/mol. The Morgan fingerprint density at radius 2 is 1.81 bits per heavy atom. The van der Waals surface area contributed by atoms with E-state index in [1.165, 1.54) is 12.1 Å². The molecule has 0 bridgehead atoms. The first-order valence-electron chi connectivity index (χ1n) is 6.56. The summed E-state index contributed by atoms with van der Waals surface area (Å²) in [4.78, 5) is 1.19. The van der Waals surface area contributed by atoms with Crippen molar-refractivity contribution in [1.82, 2.24) is 4.72 Å². The van der Waals surface area contributed by atoms with E-state index in [0.717, 1.165) is 34.8 Å². The van der Waals surface area contributed by atoms with Gasteiger partial charge in [-0.25, -0.2) is 17.5 Å². The van der Waals surface area contributed by atoms with E-state index in [0.29, 0.717) is 0 Å². The molecule has 0 radical (unpaired) electrons. The lowest BCUT2D eigenvalue weighted by atomic mass is 10.1. The van der Waals surface area contributed by atoms with Crippen LogP contribution in [0.3, 0.4) is 0 Å². The van der Waals surface area contributed by atoms with E-state index in [1.54, 1.807) is 11.8 Å². The topological polar surface area (TPSA) is 46.2 Å². The predicted octanol–water partition coefficient (Wildman–Crippen LogP) is 3.34. The minimum Gasteiger partial charge on any atom is -0.207 e.